The van der Waals surface area contributed by atoms with Gasteiger partial charge in [-0.3, -0.25) is 9.59 Å². The number of nitrogens with one attached hydrogen (secondary N) is 1. The van der Waals surface area contributed by atoms with Crippen LogP contribution in [0.25, 0.3) is 0 Å². The van der Waals surface area contributed by atoms with Gasteiger partial charge in [-0.05, 0) is 48.9 Å². The molecule has 2 aromatic rings. The first-order valence-electron chi connectivity index (χ1n) is 8.27. The highest BCUT2D eigenvalue weighted by atomic mass is 19.1. The van der Waals surface area contributed by atoms with Gasteiger partial charge in [0.15, 0.2) is 11.5 Å². The first-order valence-corrected chi connectivity index (χ1v) is 8.27. The molecule has 0 unspecified atom stereocenters. The maximum atomic E-state index is 12.9. The molecule has 0 fully saturated rings. The summed E-state index contributed by atoms with van der Waals surface area (Å²) in [6, 6.07) is 10.7. The van der Waals surface area contributed by atoms with Crippen molar-refractivity contribution in [1.82, 2.24) is 10.2 Å². The molecule has 0 aliphatic carbocycles. The summed E-state index contributed by atoms with van der Waals surface area (Å²) in [5.74, 6) is 0.307. The third-order valence-corrected chi connectivity index (χ3v) is 4.05. The van der Waals surface area contributed by atoms with Crippen LogP contribution < -0.4 is 14.8 Å². The van der Waals surface area contributed by atoms with Crippen LogP contribution in [0.15, 0.2) is 42.5 Å². The third kappa shape index (κ3) is 4.11. The number of rotatable bonds is 6. The number of carbonyl (C=O) groups is 2. The second kappa shape index (κ2) is 7.86. The third-order valence-electron chi connectivity index (χ3n) is 4.05. The summed E-state index contributed by atoms with van der Waals surface area (Å²) in [4.78, 5) is 26.0. The Labute approximate surface area is 150 Å². The van der Waals surface area contributed by atoms with E-state index in [1.165, 1.54) is 24.3 Å². The second-order valence-corrected chi connectivity index (χ2v) is 5.79. The minimum Gasteiger partial charge on any atom is -0.454 e. The molecule has 6 nitrogen and oxygen atoms in total. The maximum Gasteiger partial charge on any atom is 0.251 e. The molecular weight excluding hydrogens is 339 g/mol. The molecule has 1 aliphatic heterocycles. The van der Waals surface area contributed by atoms with Crippen LogP contribution in [0.5, 0.6) is 11.5 Å². The van der Waals surface area contributed by atoms with Gasteiger partial charge in [-0.15, -0.1) is 0 Å². The Morgan fingerprint density at radius 1 is 1.12 bits per heavy atom. The molecule has 1 aliphatic rings. The Kier molecular flexibility index (Phi) is 5.36. The molecule has 0 saturated heterocycles. The van der Waals surface area contributed by atoms with Gasteiger partial charge in [0.2, 0.25) is 12.7 Å². The van der Waals surface area contributed by atoms with Gasteiger partial charge in [-0.2, -0.15) is 0 Å². The topological polar surface area (TPSA) is 67.9 Å². The van der Waals surface area contributed by atoms with E-state index in [4.69, 9.17) is 9.47 Å². The summed E-state index contributed by atoms with van der Waals surface area (Å²) >= 11 is 0. The van der Waals surface area contributed by atoms with Crippen molar-refractivity contribution in [2.24, 2.45) is 0 Å². The van der Waals surface area contributed by atoms with E-state index in [0.717, 1.165) is 5.56 Å². The van der Waals surface area contributed by atoms with Crippen LogP contribution in [0.1, 0.15) is 22.8 Å². The Hall–Kier alpha value is -3.09. The van der Waals surface area contributed by atoms with Gasteiger partial charge in [0.25, 0.3) is 5.91 Å². The number of amides is 2. The maximum absolute atomic E-state index is 12.9. The molecule has 26 heavy (non-hydrogen) atoms. The van der Waals surface area contributed by atoms with E-state index in [9.17, 15) is 14.0 Å². The molecule has 3 rings (SSSR count). The van der Waals surface area contributed by atoms with Crippen LogP contribution in [-0.4, -0.2) is 36.6 Å². The first-order chi connectivity index (χ1) is 12.6. The monoisotopic (exact) mass is 358 g/mol. The number of likely N-dealkylation sites (N-methyl/N-ethyl adjacent to an activating group) is 1. The zero-order valence-electron chi connectivity index (χ0n) is 14.3. The summed E-state index contributed by atoms with van der Waals surface area (Å²) in [5, 5.41) is 2.56. The molecule has 0 saturated carbocycles. The molecule has 136 valence electrons. The van der Waals surface area contributed by atoms with Crippen molar-refractivity contribution >= 4 is 11.8 Å². The van der Waals surface area contributed by atoms with Crippen LogP contribution in [0.3, 0.4) is 0 Å². The number of hydrogen-bond acceptors (Lipinski definition) is 4. The van der Waals surface area contributed by atoms with E-state index >= 15 is 0 Å². The Balaban J connectivity index is 1.56. The van der Waals surface area contributed by atoms with Crippen molar-refractivity contribution in [3.8, 4) is 11.5 Å². The van der Waals surface area contributed by atoms with Crippen LogP contribution in [0, 0.1) is 5.82 Å². The van der Waals surface area contributed by atoms with E-state index < -0.39 is 11.7 Å². The molecular formula is C19H19FN2O4. The lowest BCUT2D eigenvalue weighted by Crippen LogP contribution is -2.39. The van der Waals surface area contributed by atoms with Crippen molar-refractivity contribution in [3.63, 3.8) is 0 Å². The van der Waals surface area contributed by atoms with Gasteiger partial charge in [0.1, 0.15) is 5.82 Å². The highest BCUT2D eigenvalue weighted by Gasteiger charge is 2.17. The Morgan fingerprint density at radius 2 is 1.85 bits per heavy atom. The molecule has 0 radical (unpaired) electrons. The number of benzene rings is 2. The SMILES string of the molecule is CCN(Cc1ccc2c(c1)OCO2)C(=O)CNC(=O)c1ccc(F)cc1. The quantitative estimate of drug-likeness (QED) is 0.861. The van der Waals surface area contributed by atoms with Crippen LogP contribution in [-0.2, 0) is 11.3 Å². The summed E-state index contributed by atoms with van der Waals surface area (Å²) in [5.41, 5.74) is 1.22. The van der Waals surface area contributed by atoms with E-state index in [-0.39, 0.29) is 19.2 Å². The van der Waals surface area contributed by atoms with Gasteiger partial charge in [0.05, 0.1) is 6.54 Å². The Bertz CT molecular complexity index is 808. The molecule has 2 aromatic carbocycles. The molecule has 7 heteroatoms. The number of carbonyl (C=O) groups excluding carboxylic acids is 2. The number of halogens is 1. The van der Waals surface area contributed by atoms with Crippen LogP contribution in [0.2, 0.25) is 0 Å². The lowest BCUT2D eigenvalue weighted by atomic mass is 10.2. The number of fused-ring (bicyclic) bond motifs is 1. The van der Waals surface area contributed by atoms with Crippen molar-refractivity contribution in [1.29, 1.82) is 0 Å². The zero-order valence-corrected chi connectivity index (χ0v) is 14.3. The molecule has 0 atom stereocenters. The van der Waals surface area contributed by atoms with Crippen LogP contribution >= 0.6 is 0 Å². The summed E-state index contributed by atoms with van der Waals surface area (Å²) in [7, 11) is 0. The Morgan fingerprint density at radius 3 is 2.58 bits per heavy atom. The molecule has 1 heterocycles. The summed E-state index contributed by atoms with van der Waals surface area (Å²) in [6.45, 7) is 2.84. The summed E-state index contributed by atoms with van der Waals surface area (Å²) in [6.07, 6.45) is 0. The largest absolute Gasteiger partial charge is 0.454 e. The van der Waals surface area contributed by atoms with Gasteiger partial charge < -0.3 is 19.7 Å². The lowest BCUT2D eigenvalue weighted by molar-refractivity contribution is -0.130. The fourth-order valence-electron chi connectivity index (χ4n) is 2.61. The predicted octanol–water partition coefficient (Wildman–Crippen LogP) is 2.33. The minimum atomic E-state index is -0.419. The van der Waals surface area contributed by atoms with E-state index in [2.05, 4.69) is 5.32 Å². The normalized spacial score (nSPS) is 11.9. The van der Waals surface area contributed by atoms with Gasteiger partial charge in [0, 0.05) is 18.7 Å². The molecule has 2 amide bonds. The van der Waals surface area contributed by atoms with E-state index in [1.807, 2.05) is 25.1 Å². The lowest BCUT2D eigenvalue weighted by Gasteiger charge is -2.21. The standard InChI is InChI=1S/C19H19FN2O4/c1-2-22(11-13-3-8-16-17(9-13)26-12-25-16)18(23)10-21-19(24)14-4-6-15(20)7-5-14/h3-9H,2,10-12H2,1H3,(H,21,24). The highest BCUT2D eigenvalue weighted by molar-refractivity contribution is 5.96. The minimum absolute atomic E-state index is 0.130. The fraction of sp³-hybridized carbons (Fsp3) is 0.263. The smallest absolute Gasteiger partial charge is 0.251 e. The fourth-order valence-corrected chi connectivity index (χ4v) is 2.61. The van der Waals surface area contributed by atoms with Crippen molar-refractivity contribution in [2.75, 3.05) is 19.9 Å². The van der Waals surface area contributed by atoms with Crippen molar-refractivity contribution in [2.45, 2.75) is 13.5 Å². The molecule has 0 spiro atoms. The number of nitrogens with zero attached hydrogens (tertiary/aromatic N) is 1. The van der Waals surface area contributed by atoms with Gasteiger partial charge in [-0.1, -0.05) is 6.07 Å². The first kappa shape index (κ1) is 17.7. The predicted molar refractivity (Wildman–Crippen MR) is 92.4 cm³/mol. The number of hydrogen-bond donors (Lipinski definition) is 1. The average Bonchev–Trinajstić information content (AvgIpc) is 3.12. The molecule has 1 N–H and O–H groups in total. The van der Waals surface area contributed by atoms with E-state index in [0.29, 0.717) is 30.2 Å². The van der Waals surface area contributed by atoms with Crippen molar-refractivity contribution < 1.29 is 23.5 Å². The van der Waals surface area contributed by atoms with E-state index in [1.54, 1.807) is 4.90 Å². The summed E-state index contributed by atoms with van der Waals surface area (Å²) < 4.78 is 23.5. The number of ether oxygens (including phenoxy) is 2. The van der Waals surface area contributed by atoms with Crippen molar-refractivity contribution in [3.05, 3.63) is 59.4 Å². The second-order valence-electron chi connectivity index (χ2n) is 5.79. The van der Waals surface area contributed by atoms with Gasteiger partial charge >= 0.3 is 0 Å². The average molecular weight is 358 g/mol. The van der Waals surface area contributed by atoms with Gasteiger partial charge in [-0.25, -0.2) is 4.39 Å². The molecule has 0 aromatic heterocycles. The van der Waals surface area contributed by atoms with Crippen LogP contribution in [0.4, 0.5) is 4.39 Å². The zero-order chi connectivity index (χ0) is 18.5. The molecule has 0 bridgehead atoms. The highest BCUT2D eigenvalue weighted by Crippen LogP contribution is 2.32.